The van der Waals surface area contributed by atoms with Gasteiger partial charge in [-0.15, -0.1) is 0 Å². The van der Waals surface area contributed by atoms with Gasteiger partial charge in [0.05, 0.1) is 31.5 Å². The van der Waals surface area contributed by atoms with Crippen LogP contribution in [0.3, 0.4) is 0 Å². The SMILES string of the molecule is C[C@@H](NC(=O)[C@@H]1COCCO1)c1cccc(-n2cccn2)c1. The van der Waals surface area contributed by atoms with Crippen LogP contribution >= 0.6 is 0 Å². The van der Waals surface area contributed by atoms with E-state index in [1.54, 1.807) is 10.9 Å². The van der Waals surface area contributed by atoms with E-state index in [4.69, 9.17) is 9.47 Å². The van der Waals surface area contributed by atoms with Crippen molar-refractivity contribution in [1.29, 1.82) is 0 Å². The van der Waals surface area contributed by atoms with Crippen LogP contribution in [-0.2, 0) is 14.3 Å². The maximum Gasteiger partial charge on any atom is 0.252 e. The number of carbonyl (C=O) groups excluding carboxylic acids is 1. The van der Waals surface area contributed by atoms with Crippen molar-refractivity contribution in [1.82, 2.24) is 15.1 Å². The van der Waals surface area contributed by atoms with Gasteiger partial charge in [-0.05, 0) is 30.7 Å². The summed E-state index contributed by atoms with van der Waals surface area (Å²) in [5.74, 6) is -0.142. The van der Waals surface area contributed by atoms with Crippen molar-refractivity contribution in [2.75, 3.05) is 19.8 Å². The van der Waals surface area contributed by atoms with Gasteiger partial charge in [-0.3, -0.25) is 4.79 Å². The highest BCUT2D eigenvalue weighted by Gasteiger charge is 2.24. The molecule has 1 aromatic carbocycles. The maximum absolute atomic E-state index is 12.2. The number of aromatic nitrogens is 2. The molecule has 1 fully saturated rings. The molecular weight excluding hydrogens is 282 g/mol. The first-order valence-electron chi connectivity index (χ1n) is 7.34. The summed E-state index contributed by atoms with van der Waals surface area (Å²) >= 11 is 0. The largest absolute Gasteiger partial charge is 0.376 e. The molecule has 3 rings (SSSR count). The Morgan fingerprint density at radius 3 is 3.05 bits per heavy atom. The van der Waals surface area contributed by atoms with Gasteiger partial charge in [-0.25, -0.2) is 4.68 Å². The molecule has 0 unspecified atom stereocenters. The van der Waals surface area contributed by atoms with Crippen LogP contribution in [0.25, 0.3) is 5.69 Å². The molecule has 1 aliphatic rings. The summed E-state index contributed by atoms with van der Waals surface area (Å²) in [5, 5.41) is 7.18. The number of amides is 1. The van der Waals surface area contributed by atoms with E-state index in [9.17, 15) is 4.79 Å². The minimum atomic E-state index is -0.523. The molecule has 2 heterocycles. The fourth-order valence-corrected chi connectivity index (χ4v) is 2.39. The van der Waals surface area contributed by atoms with Crippen molar-refractivity contribution in [2.24, 2.45) is 0 Å². The Kier molecular flexibility index (Phi) is 4.50. The van der Waals surface area contributed by atoms with Crippen LogP contribution in [-0.4, -0.2) is 41.6 Å². The van der Waals surface area contributed by atoms with Crippen molar-refractivity contribution in [3.63, 3.8) is 0 Å². The minimum absolute atomic E-state index is 0.117. The van der Waals surface area contributed by atoms with E-state index in [-0.39, 0.29) is 11.9 Å². The molecular formula is C16H19N3O3. The van der Waals surface area contributed by atoms with Crippen molar-refractivity contribution < 1.29 is 14.3 Å². The number of hydrogen-bond acceptors (Lipinski definition) is 4. The molecule has 1 aliphatic heterocycles. The van der Waals surface area contributed by atoms with Gasteiger partial charge in [0, 0.05) is 12.4 Å². The second kappa shape index (κ2) is 6.72. The summed E-state index contributed by atoms with van der Waals surface area (Å²) in [6.07, 6.45) is 3.10. The predicted octanol–water partition coefficient (Wildman–Crippen LogP) is 1.46. The molecule has 22 heavy (non-hydrogen) atoms. The van der Waals surface area contributed by atoms with Crippen molar-refractivity contribution in [3.05, 3.63) is 48.3 Å². The third-order valence-corrected chi connectivity index (χ3v) is 3.61. The standard InChI is InChI=1S/C16H19N3O3/c1-12(18-16(20)15-11-21-8-9-22-15)13-4-2-5-14(10-13)19-7-3-6-17-19/h2-7,10,12,15H,8-9,11H2,1H3,(H,18,20)/t12-,15+/m1/s1. The van der Waals surface area contributed by atoms with Crippen LogP contribution in [0.1, 0.15) is 18.5 Å². The Labute approximate surface area is 129 Å². The Morgan fingerprint density at radius 1 is 1.41 bits per heavy atom. The summed E-state index contributed by atoms with van der Waals surface area (Å²) in [6.45, 7) is 3.27. The topological polar surface area (TPSA) is 65.4 Å². The van der Waals surface area contributed by atoms with Crippen LogP contribution in [0.2, 0.25) is 0 Å². The number of carbonyl (C=O) groups is 1. The van der Waals surface area contributed by atoms with Crippen LogP contribution in [0.5, 0.6) is 0 Å². The first kappa shape index (κ1) is 14.7. The zero-order chi connectivity index (χ0) is 15.4. The van der Waals surface area contributed by atoms with E-state index >= 15 is 0 Å². The lowest BCUT2D eigenvalue weighted by Gasteiger charge is -2.24. The van der Waals surface area contributed by atoms with Crippen molar-refractivity contribution in [3.8, 4) is 5.69 Å². The summed E-state index contributed by atoms with van der Waals surface area (Å²) < 4.78 is 12.5. The zero-order valence-electron chi connectivity index (χ0n) is 12.4. The molecule has 1 aromatic heterocycles. The number of nitrogens with zero attached hydrogens (tertiary/aromatic N) is 2. The van der Waals surface area contributed by atoms with Gasteiger partial charge >= 0.3 is 0 Å². The quantitative estimate of drug-likeness (QED) is 0.928. The first-order valence-corrected chi connectivity index (χ1v) is 7.34. The highest BCUT2D eigenvalue weighted by molar-refractivity contribution is 5.81. The molecule has 1 saturated heterocycles. The molecule has 0 spiro atoms. The molecule has 2 atom stereocenters. The maximum atomic E-state index is 12.2. The molecule has 6 heteroatoms. The predicted molar refractivity (Wildman–Crippen MR) is 80.7 cm³/mol. The minimum Gasteiger partial charge on any atom is -0.376 e. The van der Waals surface area contributed by atoms with E-state index in [2.05, 4.69) is 10.4 Å². The second-order valence-electron chi connectivity index (χ2n) is 5.21. The Morgan fingerprint density at radius 2 is 2.32 bits per heavy atom. The number of rotatable bonds is 4. The molecule has 0 bridgehead atoms. The van der Waals surface area contributed by atoms with Gasteiger partial charge in [-0.1, -0.05) is 12.1 Å². The summed E-state index contributed by atoms with van der Waals surface area (Å²) in [4.78, 5) is 12.2. The third kappa shape index (κ3) is 3.35. The van der Waals surface area contributed by atoms with Gasteiger partial charge in [0.25, 0.3) is 5.91 Å². The lowest BCUT2D eigenvalue weighted by molar-refractivity contribution is -0.148. The summed E-state index contributed by atoms with van der Waals surface area (Å²) in [7, 11) is 0. The van der Waals surface area contributed by atoms with Crippen LogP contribution < -0.4 is 5.32 Å². The van der Waals surface area contributed by atoms with Crippen molar-refractivity contribution in [2.45, 2.75) is 19.1 Å². The monoisotopic (exact) mass is 301 g/mol. The van der Waals surface area contributed by atoms with E-state index < -0.39 is 6.10 Å². The van der Waals surface area contributed by atoms with Gasteiger partial charge in [0.15, 0.2) is 6.10 Å². The van der Waals surface area contributed by atoms with E-state index in [0.29, 0.717) is 19.8 Å². The number of hydrogen-bond donors (Lipinski definition) is 1. The molecule has 2 aromatic rings. The molecule has 116 valence electrons. The molecule has 0 aliphatic carbocycles. The molecule has 0 radical (unpaired) electrons. The number of ether oxygens (including phenoxy) is 2. The van der Waals surface area contributed by atoms with Crippen LogP contribution in [0, 0.1) is 0 Å². The smallest absolute Gasteiger partial charge is 0.252 e. The van der Waals surface area contributed by atoms with Crippen LogP contribution in [0.4, 0.5) is 0 Å². The molecule has 6 nitrogen and oxygen atoms in total. The van der Waals surface area contributed by atoms with E-state index in [1.165, 1.54) is 0 Å². The van der Waals surface area contributed by atoms with Crippen molar-refractivity contribution >= 4 is 5.91 Å². The fourth-order valence-electron chi connectivity index (χ4n) is 2.39. The highest BCUT2D eigenvalue weighted by atomic mass is 16.6. The Hall–Kier alpha value is -2.18. The molecule has 0 saturated carbocycles. The first-order chi connectivity index (χ1) is 10.7. The highest BCUT2D eigenvalue weighted by Crippen LogP contribution is 2.17. The fraction of sp³-hybridized carbons (Fsp3) is 0.375. The molecule has 1 amide bonds. The van der Waals surface area contributed by atoms with Gasteiger partial charge < -0.3 is 14.8 Å². The lowest BCUT2D eigenvalue weighted by atomic mass is 10.1. The van der Waals surface area contributed by atoms with E-state index in [1.807, 2.05) is 43.5 Å². The summed E-state index contributed by atoms with van der Waals surface area (Å²) in [6, 6.07) is 9.68. The van der Waals surface area contributed by atoms with Gasteiger partial charge in [-0.2, -0.15) is 5.10 Å². The Bertz CT molecular complexity index is 621. The summed E-state index contributed by atoms with van der Waals surface area (Å²) in [5.41, 5.74) is 1.97. The van der Waals surface area contributed by atoms with Crippen LogP contribution in [0.15, 0.2) is 42.7 Å². The van der Waals surface area contributed by atoms with Gasteiger partial charge in [0.1, 0.15) is 0 Å². The number of benzene rings is 1. The molecule has 1 N–H and O–H groups in total. The van der Waals surface area contributed by atoms with Gasteiger partial charge in [0.2, 0.25) is 0 Å². The Balaban J connectivity index is 1.68. The normalized spacial score (nSPS) is 19.6. The third-order valence-electron chi connectivity index (χ3n) is 3.61. The zero-order valence-corrected chi connectivity index (χ0v) is 12.4. The van der Waals surface area contributed by atoms with E-state index in [0.717, 1.165) is 11.3 Å². The lowest BCUT2D eigenvalue weighted by Crippen LogP contribution is -2.43. The second-order valence-corrected chi connectivity index (χ2v) is 5.21. The average molecular weight is 301 g/mol. The average Bonchev–Trinajstić information content (AvgIpc) is 3.10. The number of nitrogens with one attached hydrogen (secondary N) is 1.